The minimum Gasteiger partial charge on any atom is -0.496 e. The van der Waals surface area contributed by atoms with Crippen molar-refractivity contribution >= 4 is 17.7 Å². The lowest BCUT2D eigenvalue weighted by Gasteiger charge is -2.30. The van der Waals surface area contributed by atoms with E-state index in [2.05, 4.69) is 0 Å². The molecule has 0 aliphatic carbocycles. The first-order valence-corrected chi connectivity index (χ1v) is 11.4. The molecule has 0 radical (unpaired) electrons. The molecule has 2 aromatic carbocycles. The molecule has 4 rings (SSSR count). The molecule has 34 heavy (non-hydrogen) atoms. The van der Waals surface area contributed by atoms with Crippen LogP contribution in [0.5, 0.6) is 5.75 Å². The highest BCUT2D eigenvalue weighted by Crippen LogP contribution is 2.44. The van der Waals surface area contributed by atoms with Crippen LogP contribution in [0.2, 0.25) is 0 Å². The topological polar surface area (TPSA) is 76.2 Å². The summed E-state index contributed by atoms with van der Waals surface area (Å²) < 4.78 is 24.9. The maximum Gasteiger partial charge on any atom is 0.241 e. The molecule has 8 heteroatoms. The van der Waals surface area contributed by atoms with Gasteiger partial charge in [0.15, 0.2) is 0 Å². The third-order valence-electron chi connectivity index (χ3n) is 6.89. The second kappa shape index (κ2) is 9.93. The van der Waals surface area contributed by atoms with Crippen molar-refractivity contribution in [1.29, 1.82) is 0 Å². The number of carbonyl (C=O) groups excluding carboxylic acids is 3. The second-order valence-corrected chi connectivity index (χ2v) is 8.83. The number of hydrogen-bond donors (Lipinski definition) is 0. The van der Waals surface area contributed by atoms with E-state index in [1.54, 1.807) is 47.4 Å². The molecular formula is C26H29FN2O5. The van der Waals surface area contributed by atoms with Crippen LogP contribution in [0.25, 0.3) is 0 Å². The number of nitrogens with zero attached hydrogens (tertiary/aromatic N) is 2. The van der Waals surface area contributed by atoms with Crippen LogP contribution >= 0.6 is 0 Å². The van der Waals surface area contributed by atoms with Crippen molar-refractivity contribution in [2.24, 2.45) is 0 Å². The van der Waals surface area contributed by atoms with Crippen LogP contribution in [-0.4, -0.2) is 68.0 Å². The van der Waals surface area contributed by atoms with Gasteiger partial charge in [-0.1, -0.05) is 36.4 Å². The number of imide groups is 1. The second-order valence-electron chi connectivity index (χ2n) is 8.83. The third-order valence-corrected chi connectivity index (χ3v) is 6.89. The minimum absolute atomic E-state index is 0.105. The lowest BCUT2D eigenvalue weighted by molar-refractivity contribution is -0.143. The van der Waals surface area contributed by atoms with Crippen LogP contribution in [0.1, 0.15) is 36.3 Å². The fourth-order valence-corrected chi connectivity index (χ4v) is 5.11. The SMILES string of the molecule is COCCN1C(=O)C[C@](CC(=O)N2CC[C@@H](c3ccccc3F)C2)(c2ccccc2OC)C1=O. The van der Waals surface area contributed by atoms with E-state index in [4.69, 9.17) is 9.47 Å². The Balaban J connectivity index is 1.62. The van der Waals surface area contributed by atoms with Gasteiger partial charge in [-0.25, -0.2) is 4.39 Å². The van der Waals surface area contributed by atoms with Gasteiger partial charge in [-0.05, 0) is 24.1 Å². The van der Waals surface area contributed by atoms with Crippen LogP contribution in [-0.2, 0) is 24.5 Å². The number of amides is 3. The predicted octanol–water partition coefficient (Wildman–Crippen LogP) is 2.88. The van der Waals surface area contributed by atoms with Crippen molar-refractivity contribution in [2.75, 3.05) is 40.5 Å². The zero-order valence-electron chi connectivity index (χ0n) is 19.5. The molecule has 2 aliphatic rings. The highest BCUT2D eigenvalue weighted by atomic mass is 19.1. The zero-order valence-corrected chi connectivity index (χ0v) is 19.5. The van der Waals surface area contributed by atoms with E-state index in [-0.39, 0.29) is 49.5 Å². The zero-order chi connectivity index (χ0) is 24.3. The summed E-state index contributed by atoms with van der Waals surface area (Å²) in [7, 11) is 3.00. The Kier molecular flexibility index (Phi) is 6.97. The Morgan fingerprint density at radius 1 is 1.12 bits per heavy atom. The quantitative estimate of drug-likeness (QED) is 0.557. The third kappa shape index (κ3) is 4.30. The van der Waals surface area contributed by atoms with Crippen LogP contribution in [0.4, 0.5) is 4.39 Å². The summed E-state index contributed by atoms with van der Waals surface area (Å²) in [5.41, 5.74) is -0.242. The van der Waals surface area contributed by atoms with Gasteiger partial charge < -0.3 is 14.4 Å². The molecule has 0 unspecified atom stereocenters. The van der Waals surface area contributed by atoms with Crippen molar-refractivity contribution in [3.05, 3.63) is 65.5 Å². The predicted molar refractivity (Wildman–Crippen MR) is 123 cm³/mol. The first kappa shape index (κ1) is 23.9. The number of para-hydroxylation sites is 1. The summed E-state index contributed by atoms with van der Waals surface area (Å²) in [5, 5.41) is 0. The molecule has 2 aliphatic heterocycles. The fourth-order valence-electron chi connectivity index (χ4n) is 5.11. The van der Waals surface area contributed by atoms with E-state index in [0.29, 0.717) is 36.4 Å². The average Bonchev–Trinajstić information content (AvgIpc) is 3.42. The van der Waals surface area contributed by atoms with E-state index in [1.165, 1.54) is 25.2 Å². The molecule has 2 fully saturated rings. The van der Waals surface area contributed by atoms with Gasteiger partial charge in [0, 0.05) is 44.5 Å². The molecule has 0 bridgehead atoms. The van der Waals surface area contributed by atoms with Gasteiger partial charge in [-0.3, -0.25) is 19.3 Å². The fraction of sp³-hybridized carbons (Fsp3) is 0.423. The number of hydrogen-bond acceptors (Lipinski definition) is 5. The number of halogens is 1. The lowest BCUT2D eigenvalue weighted by Crippen LogP contribution is -2.44. The smallest absolute Gasteiger partial charge is 0.241 e. The first-order chi connectivity index (χ1) is 16.4. The number of rotatable bonds is 8. The van der Waals surface area contributed by atoms with Crippen molar-refractivity contribution in [3.63, 3.8) is 0 Å². The van der Waals surface area contributed by atoms with Crippen LogP contribution < -0.4 is 4.74 Å². The van der Waals surface area contributed by atoms with E-state index >= 15 is 0 Å². The number of likely N-dealkylation sites (tertiary alicyclic amines) is 2. The van der Waals surface area contributed by atoms with Gasteiger partial charge in [-0.15, -0.1) is 0 Å². The molecule has 2 aromatic rings. The normalized spacial score (nSPS) is 22.5. The molecule has 7 nitrogen and oxygen atoms in total. The molecular weight excluding hydrogens is 439 g/mol. The summed E-state index contributed by atoms with van der Waals surface area (Å²) >= 11 is 0. The van der Waals surface area contributed by atoms with Crippen molar-refractivity contribution in [1.82, 2.24) is 9.80 Å². The minimum atomic E-state index is -1.36. The summed E-state index contributed by atoms with van der Waals surface area (Å²) in [4.78, 5) is 42.9. The van der Waals surface area contributed by atoms with Crippen molar-refractivity contribution in [3.8, 4) is 5.75 Å². The highest BCUT2D eigenvalue weighted by molar-refractivity contribution is 6.11. The molecule has 3 amide bonds. The van der Waals surface area contributed by atoms with E-state index in [9.17, 15) is 18.8 Å². The molecule has 2 atom stereocenters. The maximum atomic E-state index is 14.3. The van der Waals surface area contributed by atoms with Crippen molar-refractivity contribution in [2.45, 2.75) is 30.6 Å². The van der Waals surface area contributed by atoms with E-state index in [1.807, 2.05) is 0 Å². The Hall–Kier alpha value is -3.26. The molecule has 2 heterocycles. The van der Waals surface area contributed by atoms with Crippen molar-refractivity contribution < 1.29 is 28.2 Å². The van der Waals surface area contributed by atoms with E-state index < -0.39 is 11.3 Å². The van der Waals surface area contributed by atoms with Gasteiger partial charge in [0.05, 0.1) is 25.7 Å². The summed E-state index contributed by atoms with van der Waals surface area (Å²) in [6.45, 7) is 1.18. The van der Waals surface area contributed by atoms with Crippen LogP contribution in [0, 0.1) is 5.82 Å². The van der Waals surface area contributed by atoms with Crippen LogP contribution in [0.3, 0.4) is 0 Å². The van der Waals surface area contributed by atoms with Gasteiger partial charge in [0.1, 0.15) is 11.6 Å². The molecule has 0 N–H and O–H groups in total. The maximum absolute atomic E-state index is 14.3. The Morgan fingerprint density at radius 3 is 2.59 bits per heavy atom. The Bertz CT molecular complexity index is 1090. The highest BCUT2D eigenvalue weighted by Gasteiger charge is 2.55. The molecule has 0 spiro atoms. The molecule has 180 valence electrons. The van der Waals surface area contributed by atoms with Crippen LogP contribution in [0.15, 0.2) is 48.5 Å². The summed E-state index contributed by atoms with van der Waals surface area (Å²) in [6, 6.07) is 13.6. The number of methoxy groups -OCH3 is 2. The number of carbonyl (C=O) groups is 3. The van der Waals surface area contributed by atoms with E-state index in [0.717, 1.165) is 0 Å². The molecule has 0 aromatic heterocycles. The monoisotopic (exact) mass is 468 g/mol. The van der Waals surface area contributed by atoms with Gasteiger partial charge >= 0.3 is 0 Å². The largest absolute Gasteiger partial charge is 0.496 e. The van der Waals surface area contributed by atoms with Gasteiger partial charge in [0.2, 0.25) is 17.7 Å². The summed E-state index contributed by atoms with van der Waals surface area (Å²) in [6.07, 6.45) is 0.360. The van der Waals surface area contributed by atoms with Gasteiger partial charge in [-0.2, -0.15) is 0 Å². The number of ether oxygens (including phenoxy) is 2. The summed E-state index contributed by atoms with van der Waals surface area (Å²) in [5.74, 6) is -0.928. The Morgan fingerprint density at radius 2 is 1.85 bits per heavy atom. The number of benzene rings is 2. The molecule has 0 saturated carbocycles. The standard InChI is InChI=1S/C26H29FN2O5/c1-33-14-13-29-24(31)16-26(25(29)32,20-8-4-6-10-22(20)34-2)15-23(30)28-12-11-18(17-28)19-7-3-5-9-21(19)27/h3-10,18H,11-17H2,1-2H3/t18-,26-/m1/s1. The first-order valence-electron chi connectivity index (χ1n) is 11.4. The van der Waals surface area contributed by atoms with Gasteiger partial charge in [0.25, 0.3) is 0 Å². The lowest BCUT2D eigenvalue weighted by atomic mass is 9.75. The molecule has 2 saturated heterocycles. The average molecular weight is 469 g/mol. The Labute approximate surface area is 198 Å².